The summed E-state index contributed by atoms with van der Waals surface area (Å²) in [5.74, 6) is 0. The smallest absolute Gasteiger partial charge is 0.137 e. The van der Waals surface area contributed by atoms with E-state index in [-0.39, 0.29) is 21.7 Å². The maximum atomic E-state index is 6.50. The molecule has 0 unspecified atom stereocenters. The van der Waals surface area contributed by atoms with Gasteiger partial charge in [-0.25, -0.2) is 0 Å². The predicted molar refractivity (Wildman–Crippen MR) is 523 cm³/mol. The fraction of sp³-hybridized carbons (Fsp3) is 0.103. The van der Waals surface area contributed by atoms with Gasteiger partial charge in [-0.15, -0.1) is 22.7 Å². The number of fused-ring (bicyclic) bond motifs is 20. The molecule has 0 amide bonds. The van der Waals surface area contributed by atoms with E-state index in [1.807, 2.05) is 34.8 Å². The Morgan fingerprint density at radius 1 is 0.194 bits per heavy atom. The Morgan fingerprint density at radius 3 is 0.750 bits per heavy atom. The Bertz CT molecular complexity index is 7090. The molecule has 0 fully saturated rings. The summed E-state index contributed by atoms with van der Waals surface area (Å²) in [6.07, 6.45) is 0. The lowest BCUT2D eigenvalue weighted by atomic mass is 9.74. The molecule has 0 spiro atoms. The molecule has 4 aliphatic carbocycles. The van der Waals surface area contributed by atoms with Crippen LogP contribution in [0.5, 0.6) is 0 Å². The van der Waals surface area contributed by atoms with Crippen molar-refractivity contribution in [2.75, 3.05) is 19.6 Å². The molecule has 16 aromatic carbocycles. The van der Waals surface area contributed by atoms with E-state index >= 15 is 0 Å². The van der Waals surface area contributed by atoms with E-state index in [4.69, 9.17) is 8.83 Å². The number of hydrogen-bond donors (Lipinski definition) is 0. The van der Waals surface area contributed by atoms with Crippen molar-refractivity contribution >= 4 is 135 Å². The van der Waals surface area contributed by atoms with Gasteiger partial charge in [-0.3, -0.25) is 0 Å². The van der Waals surface area contributed by atoms with Crippen molar-refractivity contribution in [2.45, 2.75) is 77.0 Å². The third-order valence-electron chi connectivity index (χ3n) is 26.8. The van der Waals surface area contributed by atoms with Crippen molar-refractivity contribution in [3.63, 3.8) is 0 Å². The molecule has 4 aromatic heterocycles. The second-order valence-corrected chi connectivity index (χ2v) is 37.5. The first-order chi connectivity index (χ1) is 60.5. The zero-order valence-electron chi connectivity index (χ0n) is 70.4. The van der Waals surface area contributed by atoms with Crippen LogP contribution in [-0.2, 0) is 21.7 Å². The van der Waals surface area contributed by atoms with Crippen molar-refractivity contribution in [3.05, 3.63) is 433 Å². The number of nitrogens with zero attached hydrogens (tertiary/aromatic N) is 4. The molecule has 0 saturated carbocycles. The zero-order valence-corrected chi connectivity index (χ0v) is 72.0. The van der Waals surface area contributed by atoms with Crippen LogP contribution in [0.15, 0.2) is 397 Å². The van der Waals surface area contributed by atoms with Crippen LogP contribution < -0.4 is 19.6 Å². The molecule has 4 aliphatic rings. The average molecular weight is 1630 g/mol. The fourth-order valence-electron chi connectivity index (χ4n) is 20.9. The monoisotopic (exact) mass is 1630 g/mol. The molecule has 0 aliphatic heterocycles. The molecule has 0 saturated heterocycles. The van der Waals surface area contributed by atoms with Gasteiger partial charge in [0.2, 0.25) is 0 Å². The average Bonchev–Trinajstić information content (AvgIpc) is 1.52. The summed E-state index contributed by atoms with van der Waals surface area (Å²) >= 11 is 3.96. The van der Waals surface area contributed by atoms with Crippen LogP contribution in [0.4, 0.5) is 68.2 Å². The van der Waals surface area contributed by atoms with Gasteiger partial charge < -0.3 is 28.4 Å². The molecular formula is C116H88N4O2S2. The number of anilines is 12. The van der Waals surface area contributed by atoms with Crippen LogP contribution in [0.2, 0.25) is 0 Å². The predicted octanol–water partition coefficient (Wildman–Crippen LogP) is 33.7. The topological polar surface area (TPSA) is 39.2 Å². The highest BCUT2D eigenvalue weighted by Gasteiger charge is 2.51. The Labute approximate surface area is 731 Å². The first-order valence-corrected chi connectivity index (χ1v) is 44.7. The van der Waals surface area contributed by atoms with Gasteiger partial charge in [-0.05, 0) is 223 Å². The molecule has 0 N–H and O–H groups in total. The van der Waals surface area contributed by atoms with E-state index in [9.17, 15) is 0 Å². The van der Waals surface area contributed by atoms with Gasteiger partial charge in [0.15, 0.2) is 0 Å². The Kier molecular flexibility index (Phi) is 17.3. The van der Waals surface area contributed by atoms with Crippen molar-refractivity contribution < 1.29 is 8.83 Å². The number of thiophene rings is 2. The van der Waals surface area contributed by atoms with Crippen molar-refractivity contribution in [2.24, 2.45) is 0 Å². The van der Waals surface area contributed by atoms with Gasteiger partial charge in [-0.2, -0.15) is 0 Å². The molecule has 24 rings (SSSR count). The van der Waals surface area contributed by atoms with Gasteiger partial charge in [0.1, 0.15) is 22.3 Å². The molecule has 0 radical (unpaired) electrons. The summed E-state index contributed by atoms with van der Waals surface area (Å²) in [6, 6.07) is 140. The number of rotatable bonds is 14. The van der Waals surface area contributed by atoms with E-state index in [0.717, 1.165) is 101 Å². The highest BCUT2D eigenvalue weighted by molar-refractivity contribution is 7.20. The molecule has 596 valence electrons. The van der Waals surface area contributed by atoms with E-state index in [0.29, 0.717) is 0 Å². The summed E-state index contributed by atoms with van der Waals surface area (Å²) < 4.78 is 13.0. The lowest BCUT2D eigenvalue weighted by Crippen LogP contribution is -2.23. The van der Waals surface area contributed by atoms with Crippen LogP contribution in [0.25, 0.3) is 108 Å². The highest BCUT2D eigenvalue weighted by Crippen LogP contribution is 2.67. The zero-order chi connectivity index (χ0) is 83.5. The quantitative estimate of drug-likeness (QED) is 0.108. The van der Waals surface area contributed by atoms with E-state index in [2.05, 4.69) is 451 Å². The van der Waals surface area contributed by atoms with Crippen LogP contribution in [-0.4, -0.2) is 0 Å². The SMILES string of the molecule is CC1(C)c2cc(N(c3ccccc3)c3ccccc3)ccc2-c2sc3c(c21)C(C)(C)c1cc(N(c2ccc4c(c2)oc2ccccc24)c2ccccc2-c2ccccc2)ccc1-3.CC1(C)c2cc(N(c3ccccc3)c3ccccc3)ccc2-c2sc3c(c21)C(C)(C)c1cc(N(c2ccc4c(c2)oc2ccccc24)c2ccccc2-c2ccccc2)ccc1-3. The molecule has 20 aromatic rings. The first kappa shape index (κ1) is 74.7. The van der Waals surface area contributed by atoms with Gasteiger partial charge >= 0.3 is 0 Å². The van der Waals surface area contributed by atoms with Crippen LogP contribution in [0.3, 0.4) is 0 Å². The van der Waals surface area contributed by atoms with Gasteiger partial charge in [0, 0.05) is 143 Å². The van der Waals surface area contributed by atoms with Crippen molar-refractivity contribution in [3.8, 4) is 64.0 Å². The number of furan rings is 2. The lowest BCUT2D eigenvalue weighted by Gasteiger charge is -2.31. The molecular weight excluding hydrogens is 1550 g/mol. The Hall–Kier alpha value is -14.3. The summed E-state index contributed by atoms with van der Waals surface area (Å²) in [5, 5.41) is 4.51. The number of para-hydroxylation sites is 8. The summed E-state index contributed by atoms with van der Waals surface area (Å²) in [6.45, 7) is 19.5. The number of hydrogen-bond acceptors (Lipinski definition) is 8. The highest BCUT2D eigenvalue weighted by atomic mass is 32.1. The minimum absolute atomic E-state index is 0.200. The van der Waals surface area contributed by atoms with Crippen molar-refractivity contribution in [1.29, 1.82) is 0 Å². The summed E-state index contributed by atoms with van der Waals surface area (Å²) in [7, 11) is 0. The second-order valence-electron chi connectivity index (χ2n) is 35.4. The number of benzene rings is 16. The normalized spacial score (nSPS) is 14.1. The van der Waals surface area contributed by atoms with Crippen LogP contribution in [0.1, 0.15) is 99.9 Å². The third kappa shape index (κ3) is 11.7. The molecule has 4 heterocycles. The molecule has 124 heavy (non-hydrogen) atoms. The second kappa shape index (κ2) is 28.7. The molecule has 0 bridgehead atoms. The van der Waals surface area contributed by atoms with E-state index < -0.39 is 0 Å². The van der Waals surface area contributed by atoms with Gasteiger partial charge in [-0.1, -0.05) is 286 Å². The molecule has 0 atom stereocenters. The molecule has 6 nitrogen and oxygen atoms in total. The van der Waals surface area contributed by atoms with Gasteiger partial charge in [0.05, 0.1) is 11.4 Å². The van der Waals surface area contributed by atoms with E-state index in [1.54, 1.807) is 0 Å². The van der Waals surface area contributed by atoms with E-state index in [1.165, 1.54) is 120 Å². The third-order valence-corrected chi connectivity index (χ3v) is 29.3. The Morgan fingerprint density at radius 2 is 0.435 bits per heavy atom. The maximum absolute atomic E-state index is 6.50. The summed E-state index contributed by atoms with van der Waals surface area (Å²) in [4.78, 5) is 15.2. The largest absolute Gasteiger partial charge is 0.456 e. The molecule has 8 heteroatoms. The van der Waals surface area contributed by atoms with Gasteiger partial charge in [0.25, 0.3) is 0 Å². The first-order valence-electron chi connectivity index (χ1n) is 43.0. The summed E-state index contributed by atoms with van der Waals surface area (Å²) in [5.41, 5.74) is 37.7. The maximum Gasteiger partial charge on any atom is 0.137 e. The standard InChI is InChI=1S/2C58H44N2OS/c2*1-57(2)48-34-40(59(38-20-10-6-11-21-38)39-22-12-7-13-23-39)29-32-46(48)55-53(57)54-56(62-55)47-33-30-41(35-49(47)58(54,3)4)60(50-26-16-14-24-43(50)37-18-8-5-9-19-37)42-28-31-45-44-25-15-17-27-51(44)61-52(45)36-42/h2*5-36H,1-4H3. The van der Waals surface area contributed by atoms with Crippen LogP contribution >= 0.6 is 22.7 Å². The van der Waals surface area contributed by atoms with Crippen molar-refractivity contribution in [1.82, 2.24) is 0 Å². The Balaban J connectivity index is 0.000000143. The minimum atomic E-state index is -0.236. The fourth-order valence-corrected chi connectivity index (χ4v) is 24.3. The lowest BCUT2D eigenvalue weighted by molar-refractivity contribution is 0.603. The van der Waals surface area contributed by atoms with Crippen LogP contribution in [0, 0.1) is 0 Å². The minimum Gasteiger partial charge on any atom is -0.456 e.